The Morgan fingerprint density at radius 2 is 1.64 bits per heavy atom. The summed E-state index contributed by atoms with van der Waals surface area (Å²) in [4.78, 5) is 15.4. The molecule has 1 aliphatic heterocycles. The van der Waals surface area contributed by atoms with Gasteiger partial charge in [0, 0.05) is 29.6 Å². The Hall–Kier alpha value is -2.44. The summed E-state index contributed by atoms with van der Waals surface area (Å²) in [5.41, 5.74) is 4.01. The van der Waals surface area contributed by atoms with Crippen molar-refractivity contribution in [2.24, 2.45) is 0 Å². The number of hydrogen-bond acceptors (Lipinski definition) is 3. The van der Waals surface area contributed by atoms with Crippen LogP contribution < -0.4 is 0 Å². The van der Waals surface area contributed by atoms with Crippen molar-refractivity contribution < 1.29 is 13.2 Å². The van der Waals surface area contributed by atoms with Crippen molar-refractivity contribution in [2.45, 2.75) is 37.5 Å². The fourth-order valence-corrected chi connectivity index (χ4v) is 5.40. The normalized spacial score (nSPS) is 16.2. The van der Waals surface area contributed by atoms with Crippen molar-refractivity contribution in [3.63, 3.8) is 0 Å². The third-order valence-electron chi connectivity index (χ3n) is 5.47. The average Bonchev–Trinajstić information content (AvgIpc) is 2.86. The van der Waals surface area contributed by atoms with Crippen LogP contribution >= 0.6 is 0 Å². The van der Waals surface area contributed by atoms with E-state index in [9.17, 15) is 13.2 Å². The van der Waals surface area contributed by atoms with Gasteiger partial charge < -0.3 is 4.98 Å². The maximum Gasteiger partial charge on any atom is 0.243 e. The summed E-state index contributed by atoms with van der Waals surface area (Å²) in [6.07, 6.45) is 4.72. The number of hydrogen-bond donors (Lipinski definition) is 1. The molecule has 0 amide bonds. The van der Waals surface area contributed by atoms with Gasteiger partial charge in [-0.25, -0.2) is 8.42 Å². The molecule has 0 saturated carbocycles. The van der Waals surface area contributed by atoms with E-state index in [-0.39, 0.29) is 4.90 Å². The van der Waals surface area contributed by atoms with Crippen LogP contribution in [0.4, 0.5) is 0 Å². The molecule has 4 rings (SSSR count). The number of fused-ring (bicyclic) bond motifs is 1. The number of nitrogens with one attached hydrogen (secondary N) is 1. The molecule has 1 fully saturated rings. The molecule has 1 saturated heterocycles. The molecule has 0 atom stereocenters. The molecule has 1 aromatic heterocycles. The van der Waals surface area contributed by atoms with E-state index < -0.39 is 10.0 Å². The number of rotatable bonds is 4. The number of benzene rings is 2. The van der Waals surface area contributed by atoms with Gasteiger partial charge in [0.05, 0.1) is 10.6 Å². The number of nitrogens with zero attached hydrogens (tertiary/aromatic N) is 1. The van der Waals surface area contributed by atoms with Crippen molar-refractivity contribution in [2.75, 3.05) is 13.1 Å². The molecule has 1 N–H and O–H groups in total. The van der Waals surface area contributed by atoms with Crippen LogP contribution in [0.1, 0.15) is 41.6 Å². The maximum atomic E-state index is 13.1. The van der Waals surface area contributed by atoms with Crippen molar-refractivity contribution in [3.8, 4) is 11.3 Å². The number of aldehydes is 1. The predicted octanol–water partition coefficient (Wildman–Crippen LogP) is 4.52. The highest BCUT2D eigenvalue weighted by atomic mass is 32.2. The van der Waals surface area contributed by atoms with Crippen molar-refractivity contribution in [1.82, 2.24) is 9.29 Å². The summed E-state index contributed by atoms with van der Waals surface area (Å²) < 4.78 is 27.8. The lowest BCUT2D eigenvalue weighted by atomic mass is 10.1. The van der Waals surface area contributed by atoms with Crippen LogP contribution in [-0.4, -0.2) is 37.1 Å². The molecule has 2 aromatic carbocycles. The third kappa shape index (κ3) is 3.38. The van der Waals surface area contributed by atoms with Crippen molar-refractivity contribution >= 4 is 27.2 Å². The first-order valence-corrected chi connectivity index (χ1v) is 11.1. The Morgan fingerprint density at radius 1 is 0.964 bits per heavy atom. The molecule has 0 unspecified atom stereocenters. The second kappa shape index (κ2) is 7.53. The van der Waals surface area contributed by atoms with Crippen LogP contribution in [0.3, 0.4) is 0 Å². The molecule has 28 heavy (non-hydrogen) atoms. The standard InChI is InChI=1S/C22H24N2O3S/c1-16-6-8-17(9-7-16)22-20(15-25)19-14-18(10-11-21(19)23-22)28(26,27)24-12-4-2-3-5-13-24/h6-11,14-15,23H,2-5,12-13H2,1H3. The molecular weight excluding hydrogens is 372 g/mol. The number of sulfonamides is 1. The second-order valence-electron chi connectivity index (χ2n) is 7.42. The van der Waals surface area contributed by atoms with Crippen LogP contribution in [0, 0.1) is 6.92 Å². The first-order valence-electron chi connectivity index (χ1n) is 9.69. The van der Waals surface area contributed by atoms with Crippen LogP contribution in [0.2, 0.25) is 0 Å². The first kappa shape index (κ1) is 18.9. The lowest BCUT2D eigenvalue weighted by Gasteiger charge is -2.20. The Bertz CT molecular complexity index is 1110. The van der Waals surface area contributed by atoms with E-state index in [0.717, 1.165) is 48.6 Å². The third-order valence-corrected chi connectivity index (χ3v) is 7.37. The van der Waals surface area contributed by atoms with Crippen LogP contribution in [0.15, 0.2) is 47.4 Å². The van der Waals surface area contributed by atoms with Gasteiger partial charge in [0.15, 0.2) is 6.29 Å². The minimum atomic E-state index is -3.56. The first-order chi connectivity index (χ1) is 13.5. The summed E-state index contributed by atoms with van der Waals surface area (Å²) in [5.74, 6) is 0. The van der Waals surface area contributed by atoms with Gasteiger partial charge in [0.25, 0.3) is 0 Å². The number of H-pyrrole nitrogens is 1. The van der Waals surface area contributed by atoms with Gasteiger partial charge >= 0.3 is 0 Å². The van der Waals surface area contributed by atoms with E-state index in [0.29, 0.717) is 29.7 Å². The summed E-state index contributed by atoms with van der Waals surface area (Å²) in [7, 11) is -3.56. The zero-order valence-corrected chi connectivity index (χ0v) is 16.8. The van der Waals surface area contributed by atoms with Crippen LogP contribution in [0.25, 0.3) is 22.2 Å². The van der Waals surface area contributed by atoms with E-state index >= 15 is 0 Å². The molecule has 1 aliphatic rings. The Morgan fingerprint density at radius 3 is 2.29 bits per heavy atom. The molecule has 2 heterocycles. The molecule has 3 aromatic rings. The zero-order chi connectivity index (χ0) is 19.7. The SMILES string of the molecule is Cc1ccc(-c2[nH]c3ccc(S(=O)(=O)N4CCCCCC4)cc3c2C=O)cc1. The van der Waals surface area contributed by atoms with E-state index in [1.165, 1.54) is 0 Å². The highest BCUT2D eigenvalue weighted by molar-refractivity contribution is 7.89. The molecular formula is C22H24N2O3S. The van der Waals surface area contributed by atoms with Gasteiger partial charge in [-0.15, -0.1) is 0 Å². The van der Waals surface area contributed by atoms with E-state index in [2.05, 4.69) is 4.98 Å². The van der Waals surface area contributed by atoms with Gasteiger partial charge in [-0.1, -0.05) is 42.7 Å². The summed E-state index contributed by atoms with van der Waals surface area (Å²) in [6, 6.07) is 12.9. The Balaban J connectivity index is 1.80. The second-order valence-corrected chi connectivity index (χ2v) is 9.36. The topological polar surface area (TPSA) is 70.2 Å². The molecule has 0 bridgehead atoms. The van der Waals surface area contributed by atoms with Gasteiger partial charge in [-0.2, -0.15) is 4.31 Å². The lowest BCUT2D eigenvalue weighted by molar-refractivity contribution is 0.112. The molecule has 146 valence electrons. The summed E-state index contributed by atoms with van der Waals surface area (Å²) >= 11 is 0. The number of aryl methyl sites for hydroxylation is 1. The predicted molar refractivity (Wildman–Crippen MR) is 111 cm³/mol. The van der Waals surface area contributed by atoms with Gasteiger partial charge in [0.2, 0.25) is 10.0 Å². The number of aromatic nitrogens is 1. The van der Waals surface area contributed by atoms with Crippen LogP contribution in [-0.2, 0) is 10.0 Å². The number of aromatic amines is 1. The average molecular weight is 397 g/mol. The quantitative estimate of drug-likeness (QED) is 0.659. The fraction of sp³-hybridized carbons (Fsp3) is 0.318. The van der Waals surface area contributed by atoms with Crippen molar-refractivity contribution in [1.29, 1.82) is 0 Å². The summed E-state index contributed by atoms with van der Waals surface area (Å²) in [6.45, 7) is 3.13. The Kier molecular flexibility index (Phi) is 5.08. The molecule has 0 spiro atoms. The van der Waals surface area contributed by atoms with Crippen LogP contribution in [0.5, 0.6) is 0 Å². The largest absolute Gasteiger partial charge is 0.354 e. The van der Waals surface area contributed by atoms with E-state index in [1.807, 2.05) is 31.2 Å². The molecule has 0 radical (unpaired) electrons. The highest BCUT2D eigenvalue weighted by Gasteiger charge is 2.26. The highest BCUT2D eigenvalue weighted by Crippen LogP contribution is 2.32. The van der Waals surface area contributed by atoms with Gasteiger partial charge in [0.1, 0.15) is 0 Å². The Labute approximate surface area is 165 Å². The van der Waals surface area contributed by atoms with Gasteiger partial charge in [-0.05, 0) is 43.5 Å². The summed E-state index contributed by atoms with van der Waals surface area (Å²) in [5, 5.41) is 0.640. The maximum absolute atomic E-state index is 13.1. The minimum absolute atomic E-state index is 0.249. The molecule has 0 aliphatic carbocycles. The molecule has 6 heteroatoms. The monoisotopic (exact) mass is 396 g/mol. The van der Waals surface area contributed by atoms with Crippen molar-refractivity contribution in [3.05, 3.63) is 53.6 Å². The van der Waals surface area contributed by atoms with Gasteiger partial charge in [-0.3, -0.25) is 4.79 Å². The fourth-order valence-electron chi connectivity index (χ4n) is 3.85. The number of carbonyl (C=O) groups is 1. The minimum Gasteiger partial charge on any atom is -0.354 e. The smallest absolute Gasteiger partial charge is 0.243 e. The van der Waals surface area contributed by atoms with E-state index in [4.69, 9.17) is 0 Å². The molecule has 5 nitrogen and oxygen atoms in total. The lowest BCUT2D eigenvalue weighted by Crippen LogP contribution is -2.31. The zero-order valence-electron chi connectivity index (χ0n) is 15.9. The number of carbonyl (C=O) groups excluding carboxylic acids is 1. The van der Waals surface area contributed by atoms with E-state index in [1.54, 1.807) is 22.5 Å².